The third-order valence-corrected chi connectivity index (χ3v) is 3.49. The van der Waals surface area contributed by atoms with E-state index in [0.29, 0.717) is 24.3 Å². The molecule has 0 spiro atoms. The fourth-order valence-corrected chi connectivity index (χ4v) is 2.69. The number of aliphatic hydroxyl groups is 1. The molecule has 1 saturated heterocycles. The molecule has 110 valence electrons. The number of aliphatic hydroxyl groups excluding tert-OH is 1. The largest absolute Gasteiger partial charge is 0.398 e. The zero-order valence-corrected chi connectivity index (χ0v) is 12.2. The SMILES string of the molecule is Cc1cccc(N)c1C(=O)N1CC(CO)OC(C)(C)C1. The summed E-state index contributed by atoms with van der Waals surface area (Å²) in [6, 6.07) is 5.44. The molecule has 3 N–H and O–H groups in total. The molecular weight excluding hydrogens is 256 g/mol. The van der Waals surface area contributed by atoms with Crippen LogP contribution in [0.15, 0.2) is 18.2 Å². The van der Waals surface area contributed by atoms with Gasteiger partial charge in [0.2, 0.25) is 0 Å². The van der Waals surface area contributed by atoms with Gasteiger partial charge in [0, 0.05) is 18.8 Å². The van der Waals surface area contributed by atoms with Crippen molar-refractivity contribution in [2.75, 3.05) is 25.4 Å². The second kappa shape index (κ2) is 5.42. The quantitative estimate of drug-likeness (QED) is 0.797. The van der Waals surface area contributed by atoms with Crippen molar-refractivity contribution in [1.82, 2.24) is 4.90 Å². The summed E-state index contributed by atoms with van der Waals surface area (Å²) in [7, 11) is 0. The second-order valence-corrected chi connectivity index (χ2v) is 5.91. The number of benzene rings is 1. The van der Waals surface area contributed by atoms with Crippen molar-refractivity contribution in [2.45, 2.75) is 32.5 Å². The second-order valence-electron chi connectivity index (χ2n) is 5.91. The minimum Gasteiger partial charge on any atom is -0.398 e. The van der Waals surface area contributed by atoms with Gasteiger partial charge in [0.25, 0.3) is 5.91 Å². The number of hydrogen-bond acceptors (Lipinski definition) is 4. The average molecular weight is 278 g/mol. The standard InChI is InChI=1S/C15H22N2O3/c1-10-5-4-6-12(16)13(10)14(19)17-7-11(8-18)20-15(2,3)9-17/h4-6,11,18H,7-9,16H2,1-3H3. The van der Waals surface area contributed by atoms with Crippen LogP contribution in [0.5, 0.6) is 0 Å². The van der Waals surface area contributed by atoms with Crippen molar-refractivity contribution < 1.29 is 14.6 Å². The van der Waals surface area contributed by atoms with Gasteiger partial charge in [-0.05, 0) is 32.4 Å². The highest BCUT2D eigenvalue weighted by Gasteiger charge is 2.36. The first-order chi connectivity index (χ1) is 9.34. The van der Waals surface area contributed by atoms with E-state index in [0.717, 1.165) is 5.56 Å². The lowest BCUT2D eigenvalue weighted by Gasteiger charge is -2.42. The van der Waals surface area contributed by atoms with Gasteiger partial charge in [-0.25, -0.2) is 0 Å². The number of anilines is 1. The van der Waals surface area contributed by atoms with Crippen molar-refractivity contribution in [3.8, 4) is 0 Å². The number of carbonyl (C=O) groups is 1. The fourth-order valence-electron chi connectivity index (χ4n) is 2.69. The molecule has 1 fully saturated rings. The van der Waals surface area contributed by atoms with Crippen molar-refractivity contribution in [3.63, 3.8) is 0 Å². The van der Waals surface area contributed by atoms with Crippen LogP contribution in [0.1, 0.15) is 29.8 Å². The predicted molar refractivity (Wildman–Crippen MR) is 77.5 cm³/mol. The molecule has 0 aromatic heterocycles. The number of nitrogens with zero attached hydrogens (tertiary/aromatic N) is 1. The van der Waals surface area contributed by atoms with E-state index in [4.69, 9.17) is 10.5 Å². The fraction of sp³-hybridized carbons (Fsp3) is 0.533. The van der Waals surface area contributed by atoms with Gasteiger partial charge in [0.05, 0.1) is 23.9 Å². The molecule has 1 heterocycles. The van der Waals surface area contributed by atoms with E-state index in [1.165, 1.54) is 0 Å². The molecule has 1 aromatic carbocycles. The number of amides is 1. The first-order valence-electron chi connectivity index (χ1n) is 6.77. The molecule has 2 rings (SSSR count). The monoisotopic (exact) mass is 278 g/mol. The first-order valence-corrected chi connectivity index (χ1v) is 6.77. The zero-order chi connectivity index (χ0) is 14.9. The Morgan fingerprint density at radius 1 is 1.55 bits per heavy atom. The van der Waals surface area contributed by atoms with Crippen LogP contribution in [0.4, 0.5) is 5.69 Å². The van der Waals surface area contributed by atoms with Crippen LogP contribution >= 0.6 is 0 Å². The number of nitrogen functional groups attached to an aromatic ring is 1. The van der Waals surface area contributed by atoms with Gasteiger partial charge >= 0.3 is 0 Å². The van der Waals surface area contributed by atoms with Gasteiger partial charge in [-0.1, -0.05) is 12.1 Å². The van der Waals surface area contributed by atoms with Crippen molar-refractivity contribution in [1.29, 1.82) is 0 Å². The molecular formula is C15H22N2O3. The molecule has 0 saturated carbocycles. The first kappa shape index (κ1) is 14.8. The van der Waals surface area contributed by atoms with Crippen LogP contribution in [-0.2, 0) is 4.74 Å². The summed E-state index contributed by atoms with van der Waals surface area (Å²) >= 11 is 0. The molecule has 1 amide bonds. The molecule has 1 unspecified atom stereocenters. The highest BCUT2D eigenvalue weighted by Crippen LogP contribution is 2.25. The molecule has 20 heavy (non-hydrogen) atoms. The van der Waals surface area contributed by atoms with Crippen LogP contribution < -0.4 is 5.73 Å². The topological polar surface area (TPSA) is 75.8 Å². The summed E-state index contributed by atoms with van der Waals surface area (Å²) in [5, 5.41) is 9.31. The molecule has 1 aromatic rings. The predicted octanol–water partition coefficient (Wildman–Crippen LogP) is 1.19. The van der Waals surface area contributed by atoms with E-state index in [1.54, 1.807) is 11.0 Å². The highest BCUT2D eigenvalue weighted by atomic mass is 16.5. The van der Waals surface area contributed by atoms with E-state index >= 15 is 0 Å². The average Bonchev–Trinajstić information content (AvgIpc) is 2.36. The summed E-state index contributed by atoms with van der Waals surface area (Å²) in [5.74, 6) is -0.101. The van der Waals surface area contributed by atoms with Gasteiger partial charge in [0.1, 0.15) is 0 Å². The molecule has 0 radical (unpaired) electrons. The minimum atomic E-state index is -0.473. The Kier molecular flexibility index (Phi) is 4.01. The number of ether oxygens (including phenoxy) is 1. The van der Waals surface area contributed by atoms with Gasteiger partial charge in [-0.3, -0.25) is 4.79 Å². The van der Waals surface area contributed by atoms with Crippen molar-refractivity contribution in [2.24, 2.45) is 0 Å². The Hall–Kier alpha value is -1.59. The number of hydrogen-bond donors (Lipinski definition) is 2. The van der Waals surface area contributed by atoms with Crippen LogP contribution in [0.25, 0.3) is 0 Å². The maximum Gasteiger partial charge on any atom is 0.256 e. The van der Waals surface area contributed by atoms with Crippen molar-refractivity contribution in [3.05, 3.63) is 29.3 Å². The van der Waals surface area contributed by atoms with Crippen LogP contribution in [0.3, 0.4) is 0 Å². The van der Waals surface area contributed by atoms with Crippen LogP contribution in [-0.4, -0.2) is 47.3 Å². The molecule has 5 nitrogen and oxygen atoms in total. The molecule has 0 bridgehead atoms. The lowest BCUT2D eigenvalue weighted by Crippen LogP contribution is -2.55. The molecule has 1 atom stereocenters. The smallest absolute Gasteiger partial charge is 0.256 e. The lowest BCUT2D eigenvalue weighted by molar-refractivity contribution is -0.139. The Balaban J connectivity index is 2.28. The maximum atomic E-state index is 12.7. The molecule has 0 aliphatic carbocycles. The summed E-state index contributed by atoms with van der Waals surface area (Å²) in [5.41, 5.74) is 7.35. The number of morpholine rings is 1. The van der Waals surface area contributed by atoms with Gasteiger partial charge in [-0.15, -0.1) is 0 Å². The van der Waals surface area contributed by atoms with E-state index in [1.807, 2.05) is 32.9 Å². The minimum absolute atomic E-state index is 0.101. The summed E-state index contributed by atoms with van der Waals surface area (Å²) in [6.45, 7) is 6.46. The van der Waals surface area contributed by atoms with Crippen LogP contribution in [0.2, 0.25) is 0 Å². The Bertz CT molecular complexity index is 494. The van der Waals surface area contributed by atoms with E-state index in [9.17, 15) is 9.90 Å². The summed E-state index contributed by atoms with van der Waals surface area (Å²) < 4.78 is 5.72. The van der Waals surface area contributed by atoms with Gasteiger partial charge < -0.3 is 20.5 Å². The number of rotatable bonds is 2. The Morgan fingerprint density at radius 3 is 2.85 bits per heavy atom. The molecule has 1 aliphatic rings. The van der Waals surface area contributed by atoms with Crippen LogP contribution in [0, 0.1) is 6.92 Å². The van der Waals surface area contributed by atoms with E-state index < -0.39 is 5.60 Å². The van der Waals surface area contributed by atoms with E-state index in [2.05, 4.69) is 0 Å². The Morgan fingerprint density at radius 2 is 2.25 bits per heavy atom. The maximum absolute atomic E-state index is 12.7. The summed E-state index contributed by atoms with van der Waals surface area (Å²) in [4.78, 5) is 14.4. The highest BCUT2D eigenvalue weighted by molar-refractivity contribution is 6.00. The lowest BCUT2D eigenvalue weighted by atomic mass is 10.0. The van der Waals surface area contributed by atoms with Gasteiger partial charge in [0.15, 0.2) is 0 Å². The Labute approximate surface area is 119 Å². The van der Waals surface area contributed by atoms with Crippen molar-refractivity contribution >= 4 is 11.6 Å². The normalized spacial score (nSPS) is 21.8. The third kappa shape index (κ3) is 2.94. The molecule has 1 aliphatic heterocycles. The van der Waals surface area contributed by atoms with Gasteiger partial charge in [-0.2, -0.15) is 0 Å². The zero-order valence-electron chi connectivity index (χ0n) is 12.2. The summed E-state index contributed by atoms with van der Waals surface area (Å²) in [6.07, 6.45) is -0.354. The van der Waals surface area contributed by atoms with E-state index in [-0.39, 0.29) is 18.6 Å². The number of aryl methyl sites for hydroxylation is 1. The third-order valence-electron chi connectivity index (χ3n) is 3.49. The number of nitrogens with two attached hydrogens (primary N) is 1. The number of carbonyl (C=O) groups excluding carboxylic acids is 1. The molecule has 5 heteroatoms.